The lowest BCUT2D eigenvalue weighted by Gasteiger charge is -2.12. The van der Waals surface area contributed by atoms with E-state index in [2.05, 4.69) is 54.6 Å². The fourth-order valence-corrected chi connectivity index (χ4v) is 8.36. The van der Waals surface area contributed by atoms with Crippen molar-refractivity contribution < 1.29 is 12.6 Å². The van der Waals surface area contributed by atoms with Crippen molar-refractivity contribution in [1.29, 1.82) is 0 Å². The first-order chi connectivity index (χ1) is 32.2. The van der Waals surface area contributed by atoms with Gasteiger partial charge in [-0.3, -0.25) is 0 Å². The predicted octanol–water partition coefficient (Wildman–Crippen LogP) is 14.4. The topological polar surface area (TPSA) is 56.7 Å². The fourth-order valence-electron chi connectivity index (χ4n) is 8.36. The first-order valence-electron chi connectivity index (χ1n) is 22.7. The van der Waals surface area contributed by atoms with Gasteiger partial charge in [-0.05, 0) is 63.8 Å². The van der Waals surface area contributed by atoms with Gasteiger partial charge in [-0.2, -0.15) is 0 Å². The van der Waals surface area contributed by atoms with Crippen molar-refractivity contribution in [3.8, 4) is 62.1 Å². The van der Waals surface area contributed by atoms with Gasteiger partial charge in [0.1, 0.15) is 11.2 Å². The third kappa shape index (κ3) is 5.59. The van der Waals surface area contributed by atoms with Gasteiger partial charge in [-0.15, -0.1) is 0 Å². The second-order valence-corrected chi connectivity index (χ2v) is 14.7. The summed E-state index contributed by atoms with van der Waals surface area (Å²) in [6, 6.07) is 54.3. The number of hydrogen-bond acceptors (Lipinski definition) is 4. The minimum atomic E-state index is -0.170. The molecule has 5 heteroatoms. The second-order valence-electron chi connectivity index (χ2n) is 14.7. The molecule has 0 aliphatic rings. The fraction of sp³-hybridized carbons (Fsp3) is 0. The van der Waals surface area contributed by atoms with Gasteiger partial charge in [0.05, 0.1) is 19.3 Å². The normalized spacial score (nSPS) is 13.1. The molecule has 3 heterocycles. The molecule has 60 heavy (non-hydrogen) atoms. The van der Waals surface area contributed by atoms with E-state index in [1.54, 1.807) is 4.57 Å². The van der Waals surface area contributed by atoms with E-state index in [1.807, 2.05) is 103 Å². The monoisotopic (exact) mass is 772 g/mol. The maximum atomic E-state index is 9.18. The molecule has 0 amide bonds. The summed E-state index contributed by atoms with van der Waals surface area (Å²) < 4.78 is 62.1. The summed E-state index contributed by atoms with van der Waals surface area (Å²) in [5.74, 6) is 1.56. The van der Waals surface area contributed by atoms with E-state index in [-0.39, 0.29) is 58.1 Å². The van der Waals surface area contributed by atoms with Gasteiger partial charge in [0.2, 0.25) is 0 Å². The van der Waals surface area contributed by atoms with Gasteiger partial charge in [0.25, 0.3) is 0 Å². The molecule has 0 aliphatic heterocycles. The van der Waals surface area contributed by atoms with Crippen LogP contribution in [-0.4, -0.2) is 19.5 Å². The van der Waals surface area contributed by atoms with Gasteiger partial charge in [0.15, 0.2) is 17.5 Å². The van der Waals surface area contributed by atoms with E-state index in [9.17, 15) is 2.74 Å². The molecule has 0 aliphatic carbocycles. The Morgan fingerprint density at radius 2 is 0.967 bits per heavy atom. The van der Waals surface area contributed by atoms with Crippen molar-refractivity contribution in [2.75, 3.05) is 0 Å². The summed E-state index contributed by atoms with van der Waals surface area (Å²) in [6.45, 7) is 0. The van der Waals surface area contributed by atoms with E-state index in [0.29, 0.717) is 34.3 Å². The molecule has 12 rings (SSSR count). The lowest BCUT2D eigenvalue weighted by molar-refractivity contribution is 0.670. The minimum absolute atomic E-state index is 0.0302. The zero-order valence-corrected chi connectivity index (χ0v) is 31.9. The molecule has 0 saturated carbocycles. The van der Waals surface area contributed by atoms with E-state index < -0.39 is 0 Å². The first-order valence-corrected chi connectivity index (χ1v) is 19.7. The Bertz CT molecular complexity index is 3810. The first kappa shape index (κ1) is 28.3. The molecule has 0 atom stereocenters. The largest absolute Gasteiger partial charge is 0.455 e. The molecule has 0 unspecified atom stereocenters. The Morgan fingerprint density at radius 1 is 0.400 bits per heavy atom. The average Bonchev–Trinajstić information content (AvgIpc) is 3.92. The number of furan rings is 1. The Kier molecular flexibility index (Phi) is 6.48. The Morgan fingerprint density at radius 3 is 1.63 bits per heavy atom. The van der Waals surface area contributed by atoms with Crippen LogP contribution in [-0.2, 0) is 0 Å². The van der Waals surface area contributed by atoms with Crippen LogP contribution in [0.4, 0.5) is 0 Å². The van der Waals surface area contributed by atoms with Crippen molar-refractivity contribution in [2.45, 2.75) is 0 Å². The maximum absolute atomic E-state index is 9.18. The number of aromatic nitrogens is 4. The SMILES string of the molecule is [2H]c1cc([2H])c2c(c1[2H])c1c([2H])c([2H])cc([2H])c1n2-c1cc(-c2ccc(-c3cccc4ccccc34)cc2)c2oc3cc(-c4nc(-c5ccccc5)nc(-c5ccccc5)n4)ccc3c2c1. The van der Waals surface area contributed by atoms with Crippen molar-refractivity contribution in [3.63, 3.8) is 0 Å². The van der Waals surface area contributed by atoms with Crippen LogP contribution in [0.1, 0.15) is 8.22 Å². The molecule has 0 N–H and O–H groups in total. The highest BCUT2D eigenvalue weighted by Crippen LogP contribution is 2.42. The molecule has 280 valence electrons. The predicted molar refractivity (Wildman–Crippen MR) is 246 cm³/mol. The molecule has 3 aromatic heterocycles. The van der Waals surface area contributed by atoms with Crippen LogP contribution in [0.15, 0.2) is 211 Å². The van der Waals surface area contributed by atoms with Crippen LogP contribution >= 0.6 is 0 Å². The second kappa shape index (κ2) is 13.8. The van der Waals surface area contributed by atoms with Gasteiger partial charge in [-0.25, -0.2) is 15.0 Å². The summed E-state index contributed by atoms with van der Waals surface area (Å²) >= 11 is 0. The summed E-state index contributed by atoms with van der Waals surface area (Å²) in [7, 11) is 0. The number of benzene rings is 9. The summed E-state index contributed by atoms with van der Waals surface area (Å²) in [4.78, 5) is 14.8. The molecule has 0 bridgehead atoms. The van der Waals surface area contributed by atoms with Crippen LogP contribution in [0.25, 0.3) is 117 Å². The Balaban J connectivity index is 1.11. The number of hydrogen-bond donors (Lipinski definition) is 0. The molecule has 12 aromatic rings. The highest BCUT2D eigenvalue weighted by atomic mass is 16.3. The van der Waals surface area contributed by atoms with Crippen LogP contribution in [0.2, 0.25) is 0 Å². The number of fused-ring (bicyclic) bond motifs is 7. The number of nitrogens with zero attached hydrogens (tertiary/aromatic N) is 4. The quantitative estimate of drug-likeness (QED) is 0.169. The van der Waals surface area contributed by atoms with E-state index in [4.69, 9.17) is 24.9 Å². The van der Waals surface area contributed by atoms with Gasteiger partial charge in [0, 0.05) is 49.5 Å². The van der Waals surface area contributed by atoms with Crippen LogP contribution in [0, 0.1) is 0 Å². The van der Waals surface area contributed by atoms with Gasteiger partial charge < -0.3 is 8.98 Å². The summed E-state index contributed by atoms with van der Waals surface area (Å²) in [5, 5.41) is 4.24. The van der Waals surface area contributed by atoms with E-state index in [0.717, 1.165) is 60.5 Å². The lowest BCUT2D eigenvalue weighted by Crippen LogP contribution is -2.00. The molecule has 0 radical (unpaired) electrons. The summed E-state index contributed by atoms with van der Waals surface area (Å²) in [5.41, 5.74) is 8.50. The maximum Gasteiger partial charge on any atom is 0.164 e. The number of para-hydroxylation sites is 2. The molecule has 0 spiro atoms. The van der Waals surface area contributed by atoms with Crippen LogP contribution < -0.4 is 0 Å². The zero-order chi connectivity index (χ0) is 44.8. The minimum Gasteiger partial charge on any atom is -0.455 e. The molecule has 9 aromatic carbocycles. The highest BCUT2D eigenvalue weighted by molar-refractivity contribution is 6.13. The van der Waals surface area contributed by atoms with E-state index >= 15 is 0 Å². The van der Waals surface area contributed by atoms with E-state index in [1.165, 1.54) is 12.1 Å². The molecule has 5 nitrogen and oxygen atoms in total. The van der Waals surface area contributed by atoms with Crippen molar-refractivity contribution >= 4 is 54.5 Å². The summed E-state index contributed by atoms with van der Waals surface area (Å²) in [6.07, 6.45) is 0. The van der Waals surface area contributed by atoms with Crippen molar-refractivity contribution in [2.24, 2.45) is 0 Å². The average molecular weight is 773 g/mol. The standard InChI is InChI=1S/C55H34N4O/c1-3-15-38(16-4-1)53-56-54(39-17-5-2-6-18-39)58-55(57-53)40-30-31-46-48-34-41(59-49-24-11-9-21-44(49)45-22-10-12-25-50(45)59)33-47(52(48)60-51(46)32-40)37-28-26-36(27-29-37)43-23-13-19-35-14-7-8-20-42(35)43/h1-34H/i9D,10D,21D,22D,24D,25D. The zero-order valence-electron chi connectivity index (χ0n) is 37.9. The smallest absolute Gasteiger partial charge is 0.164 e. The van der Waals surface area contributed by atoms with Crippen LogP contribution in [0.3, 0.4) is 0 Å². The van der Waals surface area contributed by atoms with Crippen LogP contribution in [0.5, 0.6) is 0 Å². The van der Waals surface area contributed by atoms with Gasteiger partial charge in [-0.1, -0.05) is 170 Å². The third-order valence-corrected chi connectivity index (χ3v) is 11.2. The lowest BCUT2D eigenvalue weighted by atomic mass is 9.95. The molecule has 0 fully saturated rings. The molecular formula is C55H34N4O. The highest BCUT2D eigenvalue weighted by Gasteiger charge is 2.20. The molecule has 0 saturated heterocycles. The molecular weight excluding hydrogens is 733 g/mol. The van der Waals surface area contributed by atoms with Gasteiger partial charge >= 0.3 is 0 Å². The van der Waals surface area contributed by atoms with Crippen molar-refractivity contribution in [3.05, 3.63) is 206 Å². The van der Waals surface area contributed by atoms with Crippen molar-refractivity contribution in [1.82, 2.24) is 19.5 Å². The third-order valence-electron chi connectivity index (χ3n) is 11.2. The Hall–Kier alpha value is -8.15. The Labute approximate surface area is 353 Å². The number of rotatable bonds is 6.